The molecule has 0 aliphatic carbocycles. The van der Waals surface area contributed by atoms with Crippen molar-refractivity contribution in [2.45, 2.75) is 19.4 Å². The molecule has 0 N–H and O–H groups in total. The van der Waals surface area contributed by atoms with Crippen molar-refractivity contribution >= 4 is 32.6 Å². The number of thiazole rings is 1. The van der Waals surface area contributed by atoms with Crippen molar-refractivity contribution in [1.29, 1.82) is 0 Å². The summed E-state index contributed by atoms with van der Waals surface area (Å²) in [6.07, 6.45) is 0.282. The van der Waals surface area contributed by atoms with Crippen LogP contribution >= 0.6 is 11.3 Å². The average Bonchev–Trinajstić information content (AvgIpc) is 3.15. The van der Waals surface area contributed by atoms with E-state index in [1.54, 1.807) is 16.2 Å². The molecule has 1 aromatic heterocycles. The van der Waals surface area contributed by atoms with Crippen molar-refractivity contribution in [3.8, 4) is 11.5 Å². The van der Waals surface area contributed by atoms with Crippen LogP contribution in [0.2, 0.25) is 0 Å². The Morgan fingerprint density at radius 3 is 2.72 bits per heavy atom. The zero-order valence-electron chi connectivity index (χ0n) is 16.9. The van der Waals surface area contributed by atoms with Gasteiger partial charge in [0.25, 0.3) is 5.91 Å². The minimum absolute atomic E-state index is 0.129. The van der Waals surface area contributed by atoms with Gasteiger partial charge in [0.05, 0.1) is 10.2 Å². The average molecular weight is 412 g/mol. The van der Waals surface area contributed by atoms with E-state index < -0.39 is 6.10 Å². The van der Waals surface area contributed by atoms with Gasteiger partial charge in [-0.2, -0.15) is 0 Å². The first-order chi connectivity index (χ1) is 14.0. The summed E-state index contributed by atoms with van der Waals surface area (Å²) in [5.41, 5.74) is 2.18. The molecule has 0 bridgehead atoms. The van der Waals surface area contributed by atoms with Gasteiger partial charge in [0.1, 0.15) is 6.61 Å². The second-order valence-corrected chi connectivity index (χ2v) is 8.32. The van der Waals surface area contributed by atoms with Crippen LogP contribution in [-0.4, -0.2) is 55.7 Å². The standard InChI is InChI=1S/C22H25N3O3S/c1-4-15-9-10-16-20(13-15)29-22(23-16)25(12-11-24(2)3)21(26)19-14-27-17-7-5-6-8-18(17)28-19/h5-10,13,19H,4,11-12,14H2,1-3H3/t19-/m0/s1. The number of carbonyl (C=O) groups excluding carboxylic acids is 1. The Morgan fingerprint density at radius 1 is 1.17 bits per heavy atom. The molecular formula is C22H25N3O3S. The number of benzene rings is 2. The second kappa shape index (κ2) is 8.39. The van der Waals surface area contributed by atoms with Crippen LogP contribution in [0.4, 0.5) is 5.13 Å². The fourth-order valence-electron chi connectivity index (χ4n) is 3.21. The number of anilines is 1. The SMILES string of the molecule is CCc1ccc2nc(N(CCN(C)C)C(=O)[C@@H]3COc4ccccc4O3)sc2c1. The first kappa shape index (κ1) is 19.7. The van der Waals surface area contributed by atoms with Crippen molar-refractivity contribution < 1.29 is 14.3 Å². The number of hydrogen-bond donors (Lipinski definition) is 0. The van der Waals surface area contributed by atoms with E-state index >= 15 is 0 Å². The van der Waals surface area contributed by atoms with E-state index in [0.29, 0.717) is 23.2 Å². The van der Waals surface area contributed by atoms with E-state index in [4.69, 9.17) is 14.5 Å². The minimum atomic E-state index is -0.690. The predicted molar refractivity (Wildman–Crippen MR) is 116 cm³/mol. The lowest BCUT2D eigenvalue weighted by molar-refractivity contribution is -0.127. The predicted octanol–water partition coefficient (Wildman–Crippen LogP) is 3.59. The van der Waals surface area contributed by atoms with Gasteiger partial charge < -0.3 is 14.4 Å². The molecule has 3 aromatic rings. The van der Waals surface area contributed by atoms with Gasteiger partial charge in [-0.25, -0.2) is 4.98 Å². The van der Waals surface area contributed by atoms with Crippen molar-refractivity contribution in [3.05, 3.63) is 48.0 Å². The first-order valence-corrected chi connectivity index (χ1v) is 10.6. The van der Waals surface area contributed by atoms with Gasteiger partial charge in [-0.3, -0.25) is 9.69 Å². The van der Waals surface area contributed by atoms with Crippen LogP contribution in [0.1, 0.15) is 12.5 Å². The molecule has 0 fully saturated rings. The molecule has 152 valence electrons. The first-order valence-electron chi connectivity index (χ1n) is 9.79. The van der Waals surface area contributed by atoms with E-state index in [0.717, 1.165) is 23.2 Å². The molecule has 1 amide bonds. The largest absolute Gasteiger partial charge is 0.485 e. The Hall–Kier alpha value is -2.64. The molecule has 6 nitrogen and oxygen atoms in total. The number of aromatic nitrogens is 1. The highest BCUT2D eigenvalue weighted by Crippen LogP contribution is 2.33. The molecule has 1 aliphatic rings. The summed E-state index contributed by atoms with van der Waals surface area (Å²) >= 11 is 1.54. The van der Waals surface area contributed by atoms with Gasteiger partial charge in [-0.1, -0.05) is 36.5 Å². The lowest BCUT2D eigenvalue weighted by Gasteiger charge is -2.30. The Morgan fingerprint density at radius 2 is 1.97 bits per heavy atom. The van der Waals surface area contributed by atoms with Gasteiger partial charge in [-0.15, -0.1) is 0 Å². The van der Waals surface area contributed by atoms with Crippen molar-refractivity contribution in [1.82, 2.24) is 9.88 Å². The van der Waals surface area contributed by atoms with Crippen molar-refractivity contribution in [2.24, 2.45) is 0 Å². The second-order valence-electron chi connectivity index (χ2n) is 7.31. The molecular weight excluding hydrogens is 386 g/mol. The maximum atomic E-state index is 13.4. The summed E-state index contributed by atoms with van der Waals surface area (Å²) in [6, 6.07) is 13.7. The number of para-hydroxylation sites is 2. The molecule has 0 saturated carbocycles. The normalized spacial score (nSPS) is 15.7. The zero-order valence-corrected chi connectivity index (χ0v) is 17.7. The number of nitrogens with zero attached hydrogens (tertiary/aromatic N) is 3. The van der Waals surface area contributed by atoms with Crippen LogP contribution in [-0.2, 0) is 11.2 Å². The number of amides is 1. The summed E-state index contributed by atoms with van der Waals surface area (Å²) in [5, 5.41) is 0.697. The summed E-state index contributed by atoms with van der Waals surface area (Å²) in [7, 11) is 3.98. The Bertz CT molecular complexity index is 1020. The quantitative estimate of drug-likeness (QED) is 0.620. The fraction of sp³-hybridized carbons (Fsp3) is 0.364. The molecule has 4 rings (SSSR count). The third-order valence-electron chi connectivity index (χ3n) is 4.90. The van der Waals surface area contributed by atoms with E-state index in [9.17, 15) is 4.79 Å². The molecule has 29 heavy (non-hydrogen) atoms. The number of aryl methyl sites for hydroxylation is 1. The molecule has 0 unspecified atom stereocenters. The van der Waals surface area contributed by atoms with E-state index in [1.165, 1.54) is 5.56 Å². The van der Waals surface area contributed by atoms with Crippen molar-refractivity contribution in [3.63, 3.8) is 0 Å². The number of rotatable bonds is 6. The van der Waals surface area contributed by atoms with Gasteiger partial charge in [0, 0.05) is 13.1 Å². The number of hydrogen-bond acceptors (Lipinski definition) is 6. The van der Waals surface area contributed by atoms with Gasteiger partial charge in [0.2, 0.25) is 6.10 Å². The Labute approximate surface area is 174 Å². The minimum Gasteiger partial charge on any atom is -0.485 e. The zero-order chi connectivity index (χ0) is 20.4. The number of ether oxygens (including phenoxy) is 2. The number of likely N-dealkylation sites (N-methyl/N-ethyl adjacent to an activating group) is 1. The lowest BCUT2D eigenvalue weighted by atomic mass is 10.2. The Balaban J connectivity index is 1.62. The lowest BCUT2D eigenvalue weighted by Crippen LogP contribution is -2.48. The van der Waals surface area contributed by atoms with Crippen molar-refractivity contribution in [2.75, 3.05) is 38.7 Å². The molecule has 2 aromatic carbocycles. The molecule has 1 aliphatic heterocycles. The Kier molecular flexibility index (Phi) is 5.69. The smallest absolute Gasteiger partial charge is 0.273 e. The van der Waals surface area contributed by atoms with Crippen LogP contribution in [0.25, 0.3) is 10.2 Å². The summed E-state index contributed by atoms with van der Waals surface area (Å²) in [5.74, 6) is 1.14. The van der Waals surface area contributed by atoms with Crippen LogP contribution in [0, 0.1) is 0 Å². The topological polar surface area (TPSA) is 54.9 Å². The third-order valence-corrected chi connectivity index (χ3v) is 5.94. The van der Waals surface area contributed by atoms with E-state index in [1.807, 2.05) is 44.4 Å². The van der Waals surface area contributed by atoms with Gasteiger partial charge in [0.15, 0.2) is 16.6 Å². The van der Waals surface area contributed by atoms with Crippen LogP contribution in [0.15, 0.2) is 42.5 Å². The summed E-state index contributed by atoms with van der Waals surface area (Å²) in [4.78, 5) is 21.9. The highest BCUT2D eigenvalue weighted by Gasteiger charge is 2.33. The highest BCUT2D eigenvalue weighted by atomic mass is 32.1. The molecule has 7 heteroatoms. The molecule has 0 spiro atoms. The maximum Gasteiger partial charge on any atom is 0.273 e. The number of carbonyl (C=O) groups is 1. The summed E-state index contributed by atoms with van der Waals surface area (Å²) in [6.45, 7) is 3.59. The number of fused-ring (bicyclic) bond motifs is 2. The maximum absolute atomic E-state index is 13.4. The van der Waals surface area contributed by atoms with Crippen LogP contribution in [0.3, 0.4) is 0 Å². The fourth-order valence-corrected chi connectivity index (χ4v) is 4.27. The molecule has 2 heterocycles. The van der Waals surface area contributed by atoms with E-state index in [2.05, 4.69) is 24.0 Å². The molecule has 1 atom stereocenters. The van der Waals surface area contributed by atoms with Gasteiger partial charge in [-0.05, 0) is 50.3 Å². The summed E-state index contributed by atoms with van der Waals surface area (Å²) < 4.78 is 12.8. The van der Waals surface area contributed by atoms with Crippen LogP contribution in [0.5, 0.6) is 11.5 Å². The monoisotopic (exact) mass is 411 g/mol. The highest BCUT2D eigenvalue weighted by molar-refractivity contribution is 7.22. The van der Waals surface area contributed by atoms with Crippen LogP contribution < -0.4 is 14.4 Å². The van der Waals surface area contributed by atoms with Gasteiger partial charge >= 0.3 is 0 Å². The molecule has 0 saturated heterocycles. The molecule has 0 radical (unpaired) electrons. The third kappa shape index (κ3) is 4.21. The van der Waals surface area contributed by atoms with E-state index in [-0.39, 0.29) is 12.5 Å².